The molecule has 1 N–H and O–H groups in total. The monoisotopic (exact) mass is 473 g/mol. The Bertz CT molecular complexity index is 1020. The molecule has 0 spiro atoms. The number of rotatable bonds is 5. The maximum Gasteiger partial charge on any atom is 0.243 e. The highest BCUT2D eigenvalue weighted by molar-refractivity contribution is 7.89. The van der Waals surface area contributed by atoms with Crippen molar-refractivity contribution in [2.24, 2.45) is 23.2 Å². The van der Waals surface area contributed by atoms with E-state index in [2.05, 4.69) is 5.32 Å². The molecular weight excluding hydrogens is 438 g/mol. The molecule has 0 atom stereocenters. The number of sulfonamides is 1. The van der Waals surface area contributed by atoms with Crippen LogP contribution in [0.5, 0.6) is 0 Å². The Morgan fingerprint density at radius 1 is 0.970 bits per heavy atom. The molecule has 4 aliphatic carbocycles. The van der Waals surface area contributed by atoms with E-state index in [4.69, 9.17) is 0 Å². The number of aryl methyl sites for hydroxylation is 2. The fourth-order valence-electron chi connectivity index (χ4n) is 7.25. The van der Waals surface area contributed by atoms with Gasteiger partial charge in [0.15, 0.2) is 0 Å². The van der Waals surface area contributed by atoms with Gasteiger partial charge < -0.3 is 10.2 Å². The van der Waals surface area contributed by atoms with Crippen LogP contribution >= 0.6 is 0 Å². The number of nitrogens with zero attached hydrogens (tertiary/aromatic N) is 2. The topological polar surface area (TPSA) is 86.8 Å². The van der Waals surface area contributed by atoms with Crippen LogP contribution in [0.2, 0.25) is 0 Å². The third-order valence-electron chi connectivity index (χ3n) is 8.46. The van der Waals surface area contributed by atoms with Gasteiger partial charge in [-0.05, 0) is 81.8 Å². The van der Waals surface area contributed by atoms with E-state index in [1.54, 1.807) is 11.0 Å². The van der Waals surface area contributed by atoms with Crippen LogP contribution in [-0.4, -0.2) is 62.2 Å². The van der Waals surface area contributed by atoms with E-state index in [0.717, 1.165) is 30.4 Å². The average molecular weight is 474 g/mol. The summed E-state index contributed by atoms with van der Waals surface area (Å²) < 4.78 is 27.6. The number of carbonyl (C=O) groups is 2. The number of amides is 2. The van der Waals surface area contributed by atoms with Gasteiger partial charge in [-0.2, -0.15) is 4.31 Å². The maximum absolute atomic E-state index is 13.1. The highest BCUT2D eigenvalue weighted by atomic mass is 32.2. The third kappa shape index (κ3) is 4.20. The molecule has 0 unspecified atom stereocenters. The first kappa shape index (κ1) is 22.8. The molecule has 0 radical (unpaired) electrons. The van der Waals surface area contributed by atoms with Gasteiger partial charge in [0, 0.05) is 31.6 Å². The van der Waals surface area contributed by atoms with Crippen LogP contribution in [0.1, 0.15) is 49.7 Å². The van der Waals surface area contributed by atoms with E-state index >= 15 is 0 Å². The van der Waals surface area contributed by atoms with Gasteiger partial charge in [0.1, 0.15) is 0 Å². The van der Waals surface area contributed by atoms with Crippen molar-refractivity contribution in [3.05, 3.63) is 29.3 Å². The largest absolute Gasteiger partial charge is 0.347 e. The van der Waals surface area contributed by atoms with E-state index in [-0.39, 0.29) is 36.9 Å². The first-order valence-electron chi connectivity index (χ1n) is 12.3. The molecular formula is C25H35N3O4S. The zero-order valence-electron chi connectivity index (χ0n) is 19.7. The summed E-state index contributed by atoms with van der Waals surface area (Å²) >= 11 is 0. The predicted octanol–water partition coefficient (Wildman–Crippen LogP) is 2.47. The van der Waals surface area contributed by atoms with Crippen molar-refractivity contribution < 1.29 is 18.0 Å². The quantitative estimate of drug-likeness (QED) is 0.712. The van der Waals surface area contributed by atoms with Crippen molar-refractivity contribution in [3.8, 4) is 0 Å². The number of hydrogen-bond donors (Lipinski definition) is 1. The van der Waals surface area contributed by atoms with Crippen LogP contribution in [0.3, 0.4) is 0 Å². The fourth-order valence-corrected chi connectivity index (χ4v) is 8.88. The minimum atomic E-state index is -3.58. The maximum atomic E-state index is 13.1. The lowest BCUT2D eigenvalue weighted by Crippen LogP contribution is -2.56. The minimum absolute atomic E-state index is 0.00437. The molecule has 4 bridgehead atoms. The van der Waals surface area contributed by atoms with E-state index in [1.807, 2.05) is 26.0 Å². The Morgan fingerprint density at radius 3 is 2.09 bits per heavy atom. The molecule has 2 amide bonds. The van der Waals surface area contributed by atoms with Crippen molar-refractivity contribution >= 4 is 21.8 Å². The Balaban J connectivity index is 1.15. The van der Waals surface area contributed by atoms with E-state index in [9.17, 15) is 18.0 Å². The second-order valence-electron chi connectivity index (χ2n) is 10.9. The number of piperazine rings is 1. The van der Waals surface area contributed by atoms with Gasteiger partial charge in [-0.3, -0.25) is 9.59 Å². The molecule has 1 saturated heterocycles. The minimum Gasteiger partial charge on any atom is -0.347 e. The number of benzene rings is 1. The highest BCUT2D eigenvalue weighted by Crippen LogP contribution is 2.60. The van der Waals surface area contributed by atoms with Gasteiger partial charge in [-0.1, -0.05) is 17.7 Å². The summed E-state index contributed by atoms with van der Waals surface area (Å²) in [6.07, 6.45) is 6.78. The van der Waals surface area contributed by atoms with Gasteiger partial charge in [-0.25, -0.2) is 8.42 Å². The average Bonchev–Trinajstić information content (AvgIpc) is 2.76. The normalized spacial score (nSPS) is 31.6. The number of carbonyl (C=O) groups excluding carboxylic acids is 2. The highest BCUT2D eigenvalue weighted by Gasteiger charge is 2.54. The van der Waals surface area contributed by atoms with Gasteiger partial charge in [-0.15, -0.1) is 0 Å². The molecule has 1 aromatic carbocycles. The molecule has 33 heavy (non-hydrogen) atoms. The van der Waals surface area contributed by atoms with Crippen molar-refractivity contribution in [1.82, 2.24) is 14.5 Å². The lowest BCUT2D eigenvalue weighted by atomic mass is 9.49. The van der Waals surface area contributed by atoms with Crippen LogP contribution in [0.25, 0.3) is 0 Å². The summed E-state index contributed by atoms with van der Waals surface area (Å²) in [4.78, 5) is 27.9. The third-order valence-corrected chi connectivity index (χ3v) is 10.5. The van der Waals surface area contributed by atoms with Crippen LogP contribution in [0.4, 0.5) is 0 Å². The first-order valence-corrected chi connectivity index (χ1v) is 13.7. The summed E-state index contributed by atoms with van der Waals surface area (Å²) in [7, 11) is -3.58. The molecule has 5 aliphatic rings. The van der Waals surface area contributed by atoms with Gasteiger partial charge in [0.2, 0.25) is 21.8 Å². The standard InChI is InChI=1S/C25H35N3O4S/c1-17-3-4-22(18(2)9-17)33(31,32)28-7-5-27(6-8-28)23(29)16-26-24(30)25-13-19-10-20(14-25)12-21(11-19)15-25/h3-4,9,19-21H,5-8,10-16H2,1-2H3,(H,26,30). The SMILES string of the molecule is Cc1ccc(S(=O)(=O)N2CCN(C(=O)CNC(=O)C34CC5CC(CC(C5)C3)C4)CC2)c(C)c1. The smallest absolute Gasteiger partial charge is 0.243 e. The van der Waals surface area contributed by atoms with E-state index in [0.29, 0.717) is 35.7 Å². The second kappa shape index (κ2) is 8.38. The molecule has 0 aromatic heterocycles. The summed E-state index contributed by atoms with van der Waals surface area (Å²) in [6.45, 7) is 4.98. The van der Waals surface area contributed by atoms with Crippen LogP contribution < -0.4 is 5.32 Å². The van der Waals surface area contributed by atoms with Gasteiger partial charge in [0.05, 0.1) is 11.4 Å². The van der Waals surface area contributed by atoms with Gasteiger partial charge >= 0.3 is 0 Å². The first-order chi connectivity index (χ1) is 15.7. The fraction of sp³-hybridized carbons (Fsp3) is 0.680. The molecule has 4 saturated carbocycles. The summed E-state index contributed by atoms with van der Waals surface area (Å²) in [5.74, 6) is 1.99. The van der Waals surface area contributed by atoms with Crippen LogP contribution in [-0.2, 0) is 19.6 Å². The lowest BCUT2D eigenvalue weighted by molar-refractivity contribution is -0.148. The Hall–Kier alpha value is -1.93. The zero-order chi connectivity index (χ0) is 23.4. The number of nitrogens with one attached hydrogen (secondary N) is 1. The molecule has 8 heteroatoms. The summed E-state index contributed by atoms with van der Waals surface area (Å²) in [5, 5.41) is 2.95. The van der Waals surface area contributed by atoms with Crippen molar-refractivity contribution in [1.29, 1.82) is 0 Å². The molecule has 6 rings (SSSR count). The molecule has 7 nitrogen and oxygen atoms in total. The predicted molar refractivity (Wildman–Crippen MR) is 125 cm³/mol. The van der Waals surface area contributed by atoms with Crippen molar-refractivity contribution in [2.45, 2.75) is 57.3 Å². The summed E-state index contributed by atoms with van der Waals surface area (Å²) in [5.41, 5.74) is 1.51. The Kier molecular flexibility index (Phi) is 5.80. The molecule has 180 valence electrons. The summed E-state index contributed by atoms with van der Waals surface area (Å²) in [6, 6.07) is 5.35. The lowest BCUT2D eigenvalue weighted by Gasteiger charge is -2.55. The Morgan fingerprint density at radius 2 is 1.55 bits per heavy atom. The molecule has 1 heterocycles. The molecule has 5 fully saturated rings. The number of hydrogen-bond acceptors (Lipinski definition) is 4. The molecule has 1 aromatic rings. The zero-order valence-corrected chi connectivity index (χ0v) is 20.5. The second-order valence-corrected chi connectivity index (χ2v) is 12.8. The van der Waals surface area contributed by atoms with Crippen LogP contribution in [0.15, 0.2) is 23.1 Å². The van der Waals surface area contributed by atoms with E-state index in [1.165, 1.54) is 23.6 Å². The van der Waals surface area contributed by atoms with Crippen LogP contribution in [0, 0.1) is 37.0 Å². The van der Waals surface area contributed by atoms with E-state index < -0.39 is 10.0 Å². The Labute approximate surface area is 196 Å². The van der Waals surface area contributed by atoms with Crippen molar-refractivity contribution in [3.63, 3.8) is 0 Å². The molecule has 1 aliphatic heterocycles. The van der Waals surface area contributed by atoms with Crippen molar-refractivity contribution in [2.75, 3.05) is 32.7 Å². The van der Waals surface area contributed by atoms with Gasteiger partial charge in [0.25, 0.3) is 0 Å².